The number of sulfonamides is 1. The van der Waals surface area contributed by atoms with E-state index in [4.69, 9.17) is 0 Å². The Balaban J connectivity index is 2.18. The minimum absolute atomic E-state index is 0.168. The molecular formula is C15H14FN3O5S. The highest BCUT2D eigenvalue weighted by Crippen LogP contribution is 2.25. The summed E-state index contributed by atoms with van der Waals surface area (Å²) in [6, 6.07) is 9.95. The highest BCUT2D eigenvalue weighted by molar-refractivity contribution is 7.89. The van der Waals surface area contributed by atoms with Gasteiger partial charge in [0.05, 0.1) is 11.5 Å². The molecule has 0 heterocycles. The van der Waals surface area contributed by atoms with E-state index in [1.165, 1.54) is 30.3 Å². The molecule has 2 aromatic rings. The van der Waals surface area contributed by atoms with Crippen molar-refractivity contribution in [3.05, 3.63) is 64.5 Å². The van der Waals surface area contributed by atoms with E-state index in [-0.39, 0.29) is 5.69 Å². The number of nitro groups is 1. The van der Waals surface area contributed by atoms with Crippen LogP contribution >= 0.6 is 0 Å². The third-order valence-electron chi connectivity index (χ3n) is 3.22. The molecule has 0 spiro atoms. The fourth-order valence-corrected chi connectivity index (χ4v) is 3.33. The number of nitro benzene ring substituents is 1. The van der Waals surface area contributed by atoms with Crippen LogP contribution in [0.2, 0.25) is 0 Å². The number of hydrogen-bond donors (Lipinski definition) is 1. The molecule has 0 aromatic heterocycles. The quantitative estimate of drug-likeness (QED) is 0.620. The fraction of sp³-hybridized carbons (Fsp3) is 0.133. The number of benzene rings is 2. The highest BCUT2D eigenvalue weighted by atomic mass is 32.2. The number of rotatable bonds is 6. The van der Waals surface area contributed by atoms with Crippen molar-refractivity contribution in [3.8, 4) is 0 Å². The molecule has 0 unspecified atom stereocenters. The lowest BCUT2D eigenvalue weighted by atomic mass is 10.3. The minimum atomic E-state index is -4.25. The van der Waals surface area contributed by atoms with Gasteiger partial charge in [0.15, 0.2) is 4.90 Å². The Morgan fingerprint density at radius 2 is 1.92 bits per heavy atom. The van der Waals surface area contributed by atoms with Crippen molar-refractivity contribution in [1.82, 2.24) is 4.31 Å². The van der Waals surface area contributed by atoms with Crippen molar-refractivity contribution in [2.24, 2.45) is 0 Å². The van der Waals surface area contributed by atoms with Gasteiger partial charge in [0.1, 0.15) is 5.82 Å². The molecule has 0 fully saturated rings. The summed E-state index contributed by atoms with van der Waals surface area (Å²) >= 11 is 0. The van der Waals surface area contributed by atoms with E-state index >= 15 is 0 Å². The van der Waals surface area contributed by atoms with Gasteiger partial charge in [0.25, 0.3) is 5.69 Å². The Hall–Kier alpha value is -2.85. The molecule has 1 amide bonds. The van der Waals surface area contributed by atoms with Crippen LogP contribution in [-0.4, -0.2) is 37.1 Å². The first-order chi connectivity index (χ1) is 11.7. The third kappa shape index (κ3) is 4.37. The molecule has 2 rings (SSSR count). The molecule has 0 aliphatic carbocycles. The van der Waals surface area contributed by atoms with Crippen LogP contribution in [0.3, 0.4) is 0 Å². The number of carbonyl (C=O) groups is 1. The molecule has 0 aliphatic heterocycles. The number of carbonyl (C=O) groups excluding carboxylic acids is 1. The summed E-state index contributed by atoms with van der Waals surface area (Å²) in [5.41, 5.74) is -0.415. The molecule has 25 heavy (non-hydrogen) atoms. The van der Waals surface area contributed by atoms with Gasteiger partial charge >= 0.3 is 0 Å². The van der Waals surface area contributed by atoms with Gasteiger partial charge in [-0.3, -0.25) is 14.9 Å². The van der Waals surface area contributed by atoms with Gasteiger partial charge in [0.2, 0.25) is 15.9 Å². The Labute approximate surface area is 143 Å². The van der Waals surface area contributed by atoms with E-state index < -0.39 is 43.8 Å². The highest BCUT2D eigenvalue weighted by Gasteiger charge is 2.30. The van der Waals surface area contributed by atoms with Crippen molar-refractivity contribution in [2.75, 3.05) is 18.9 Å². The first kappa shape index (κ1) is 18.5. The smallest absolute Gasteiger partial charge is 0.289 e. The number of hydrogen-bond acceptors (Lipinski definition) is 5. The lowest BCUT2D eigenvalue weighted by Gasteiger charge is -2.16. The monoisotopic (exact) mass is 367 g/mol. The lowest BCUT2D eigenvalue weighted by molar-refractivity contribution is -0.387. The van der Waals surface area contributed by atoms with E-state index in [2.05, 4.69) is 5.32 Å². The van der Waals surface area contributed by atoms with Crippen LogP contribution in [0.25, 0.3) is 0 Å². The van der Waals surface area contributed by atoms with Crippen molar-refractivity contribution >= 4 is 27.3 Å². The first-order valence-corrected chi connectivity index (χ1v) is 8.41. The Morgan fingerprint density at radius 3 is 2.56 bits per heavy atom. The summed E-state index contributed by atoms with van der Waals surface area (Å²) < 4.78 is 38.7. The van der Waals surface area contributed by atoms with Crippen LogP contribution in [0, 0.1) is 15.9 Å². The van der Waals surface area contributed by atoms with E-state index in [0.29, 0.717) is 4.31 Å². The molecule has 132 valence electrons. The van der Waals surface area contributed by atoms with Gasteiger partial charge < -0.3 is 5.32 Å². The fourth-order valence-electron chi connectivity index (χ4n) is 2.05. The normalized spacial score (nSPS) is 11.3. The van der Waals surface area contributed by atoms with Crippen LogP contribution in [-0.2, 0) is 14.8 Å². The number of halogens is 1. The van der Waals surface area contributed by atoms with Gasteiger partial charge in [-0.15, -0.1) is 0 Å². The van der Waals surface area contributed by atoms with E-state index in [0.717, 1.165) is 25.2 Å². The average molecular weight is 367 g/mol. The standard InChI is InChI=1S/C15H14FN3O5S/c1-18(10-15(20)17-12-6-4-5-11(16)9-12)25(23,24)14-8-3-2-7-13(14)19(21)22/h2-9H,10H2,1H3,(H,17,20). The predicted molar refractivity (Wildman–Crippen MR) is 87.9 cm³/mol. The maximum atomic E-state index is 13.1. The summed E-state index contributed by atoms with van der Waals surface area (Å²) in [6.45, 7) is -0.592. The van der Waals surface area contributed by atoms with Crippen molar-refractivity contribution in [1.29, 1.82) is 0 Å². The Morgan fingerprint density at radius 1 is 1.24 bits per heavy atom. The van der Waals surface area contributed by atoms with E-state index in [1.807, 2.05) is 0 Å². The molecule has 0 atom stereocenters. The number of para-hydroxylation sites is 1. The summed E-state index contributed by atoms with van der Waals surface area (Å²) in [4.78, 5) is 21.6. The van der Waals surface area contributed by atoms with Crippen LogP contribution in [0.15, 0.2) is 53.4 Å². The molecule has 0 saturated heterocycles. The second kappa shape index (κ2) is 7.36. The zero-order chi connectivity index (χ0) is 18.6. The minimum Gasteiger partial charge on any atom is -0.325 e. The van der Waals surface area contributed by atoms with Gasteiger partial charge in [-0.2, -0.15) is 4.31 Å². The second-order valence-corrected chi connectivity index (χ2v) is 7.06. The van der Waals surface area contributed by atoms with Crippen LogP contribution in [0.5, 0.6) is 0 Å². The summed E-state index contributed by atoms with van der Waals surface area (Å²) in [5, 5.41) is 13.3. The van der Waals surface area contributed by atoms with Gasteiger partial charge in [-0.1, -0.05) is 18.2 Å². The Bertz CT molecular complexity index is 917. The molecule has 0 radical (unpaired) electrons. The maximum Gasteiger partial charge on any atom is 0.289 e. The van der Waals surface area contributed by atoms with Crippen LogP contribution in [0.4, 0.5) is 15.8 Å². The van der Waals surface area contributed by atoms with E-state index in [9.17, 15) is 27.7 Å². The van der Waals surface area contributed by atoms with Crippen molar-refractivity contribution < 1.29 is 22.5 Å². The number of nitrogens with zero attached hydrogens (tertiary/aromatic N) is 2. The molecule has 1 N–H and O–H groups in total. The van der Waals surface area contributed by atoms with Crippen LogP contribution in [0.1, 0.15) is 0 Å². The number of anilines is 1. The molecule has 2 aromatic carbocycles. The molecule has 0 bridgehead atoms. The zero-order valence-electron chi connectivity index (χ0n) is 13.0. The summed E-state index contributed by atoms with van der Waals surface area (Å²) in [7, 11) is -3.13. The molecular weight excluding hydrogens is 353 g/mol. The SMILES string of the molecule is CN(CC(=O)Nc1cccc(F)c1)S(=O)(=O)c1ccccc1[N+](=O)[O-]. The number of amides is 1. The lowest BCUT2D eigenvalue weighted by Crippen LogP contribution is -2.35. The largest absolute Gasteiger partial charge is 0.325 e. The summed E-state index contributed by atoms with van der Waals surface area (Å²) in [6.07, 6.45) is 0. The second-order valence-electron chi connectivity index (χ2n) is 5.04. The maximum absolute atomic E-state index is 13.1. The predicted octanol–water partition coefficient (Wildman–Crippen LogP) is 1.99. The van der Waals surface area contributed by atoms with Crippen LogP contribution < -0.4 is 5.32 Å². The van der Waals surface area contributed by atoms with Gasteiger partial charge in [-0.25, -0.2) is 12.8 Å². The molecule has 0 saturated carbocycles. The molecule has 10 heteroatoms. The van der Waals surface area contributed by atoms with Gasteiger partial charge in [-0.05, 0) is 24.3 Å². The van der Waals surface area contributed by atoms with Crippen molar-refractivity contribution in [2.45, 2.75) is 4.90 Å². The molecule has 0 aliphatic rings. The molecule has 8 nitrogen and oxygen atoms in total. The van der Waals surface area contributed by atoms with Crippen molar-refractivity contribution in [3.63, 3.8) is 0 Å². The van der Waals surface area contributed by atoms with Gasteiger partial charge in [0, 0.05) is 18.8 Å². The first-order valence-electron chi connectivity index (χ1n) is 6.97. The van der Waals surface area contributed by atoms with E-state index in [1.54, 1.807) is 0 Å². The number of likely N-dealkylation sites (N-methyl/N-ethyl adjacent to an activating group) is 1. The average Bonchev–Trinajstić information content (AvgIpc) is 2.54. The summed E-state index contributed by atoms with van der Waals surface area (Å²) in [5.74, 6) is -1.27. The zero-order valence-corrected chi connectivity index (χ0v) is 13.9. The topological polar surface area (TPSA) is 110 Å². The number of nitrogens with one attached hydrogen (secondary N) is 1. The third-order valence-corrected chi connectivity index (χ3v) is 5.08. The Kier molecular flexibility index (Phi) is 5.45.